The maximum atomic E-state index is 12.0. The van der Waals surface area contributed by atoms with Gasteiger partial charge in [-0.15, -0.1) is 11.3 Å². The zero-order valence-electron chi connectivity index (χ0n) is 8.95. The maximum absolute atomic E-state index is 12.0. The first kappa shape index (κ1) is 13.6. The van der Waals surface area contributed by atoms with Crippen molar-refractivity contribution in [2.45, 2.75) is 11.1 Å². The minimum absolute atomic E-state index is 0.0165. The molecule has 1 aromatic rings. The van der Waals surface area contributed by atoms with Crippen molar-refractivity contribution in [3.8, 4) is 6.07 Å². The third kappa shape index (κ3) is 3.03. The molecule has 1 N–H and O–H groups in total. The average molecular weight is 274 g/mol. The Morgan fingerprint density at radius 3 is 2.65 bits per heavy atom. The molecule has 0 aromatic carbocycles. The minimum Gasteiger partial charge on any atom is -0.480 e. The van der Waals surface area contributed by atoms with Gasteiger partial charge < -0.3 is 5.11 Å². The smallest absolute Gasteiger partial charge is 0.318 e. The van der Waals surface area contributed by atoms with Crippen LogP contribution >= 0.6 is 11.3 Å². The minimum atomic E-state index is -3.82. The first-order valence-electron chi connectivity index (χ1n) is 4.63. The molecule has 0 aliphatic heterocycles. The number of nitriles is 1. The number of rotatable bonds is 5. The predicted molar refractivity (Wildman–Crippen MR) is 61.1 cm³/mol. The van der Waals surface area contributed by atoms with Gasteiger partial charge in [0.25, 0.3) is 10.0 Å². The number of carbonyl (C=O) groups is 1. The van der Waals surface area contributed by atoms with Gasteiger partial charge in [0, 0.05) is 6.54 Å². The number of carboxylic acid groups (broad SMARTS) is 1. The van der Waals surface area contributed by atoms with E-state index in [0.717, 1.165) is 15.6 Å². The molecule has 0 unspecified atom stereocenters. The molecule has 8 heteroatoms. The van der Waals surface area contributed by atoms with E-state index in [1.807, 2.05) is 6.07 Å². The summed E-state index contributed by atoms with van der Waals surface area (Å²) in [6.45, 7) is 1.03. The molecule has 0 radical (unpaired) electrons. The summed E-state index contributed by atoms with van der Waals surface area (Å²) in [7, 11) is -3.82. The maximum Gasteiger partial charge on any atom is 0.318 e. The van der Waals surface area contributed by atoms with Gasteiger partial charge in [0.05, 0.1) is 0 Å². The highest BCUT2D eigenvalue weighted by molar-refractivity contribution is 7.91. The Labute approximate surface area is 103 Å². The van der Waals surface area contributed by atoms with E-state index in [0.29, 0.717) is 0 Å². The summed E-state index contributed by atoms with van der Waals surface area (Å²) >= 11 is 0.827. The number of sulfonamides is 1. The summed E-state index contributed by atoms with van der Waals surface area (Å²) in [5, 5.41) is 17.2. The molecule has 0 bridgehead atoms. The van der Waals surface area contributed by atoms with Gasteiger partial charge >= 0.3 is 5.97 Å². The quantitative estimate of drug-likeness (QED) is 0.852. The Morgan fingerprint density at radius 1 is 1.59 bits per heavy atom. The number of aliphatic carboxylic acids is 1. The largest absolute Gasteiger partial charge is 0.480 e. The van der Waals surface area contributed by atoms with Crippen LogP contribution in [0.15, 0.2) is 16.3 Å². The summed E-state index contributed by atoms with van der Waals surface area (Å²) in [5.41, 5.74) is 0. The van der Waals surface area contributed by atoms with Crippen molar-refractivity contribution in [3.63, 3.8) is 0 Å². The first-order valence-corrected chi connectivity index (χ1v) is 6.89. The van der Waals surface area contributed by atoms with Crippen LogP contribution in [0.25, 0.3) is 0 Å². The van der Waals surface area contributed by atoms with E-state index in [9.17, 15) is 13.2 Å². The van der Waals surface area contributed by atoms with Crippen molar-refractivity contribution in [1.82, 2.24) is 4.31 Å². The second kappa shape index (κ2) is 5.27. The lowest BCUT2D eigenvalue weighted by atomic mass is 10.5. The fraction of sp³-hybridized carbons (Fsp3) is 0.333. The summed E-state index contributed by atoms with van der Waals surface area (Å²) in [6.07, 6.45) is 0. The third-order valence-corrected chi connectivity index (χ3v) is 5.33. The van der Waals surface area contributed by atoms with Crippen molar-refractivity contribution in [1.29, 1.82) is 5.26 Å². The lowest BCUT2D eigenvalue weighted by Gasteiger charge is -2.16. The van der Waals surface area contributed by atoms with Gasteiger partial charge in [-0.2, -0.15) is 9.57 Å². The molecule has 17 heavy (non-hydrogen) atoms. The molecule has 1 aromatic heterocycles. The monoisotopic (exact) mass is 274 g/mol. The van der Waals surface area contributed by atoms with E-state index in [4.69, 9.17) is 10.4 Å². The van der Waals surface area contributed by atoms with Crippen LogP contribution in [-0.4, -0.2) is 36.9 Å². The van der Waals surface area contributed by atoms with E-state index in [1.165, 1.54) is 12.1 Å². The van der Waals surface area contributed by atoms with Crippen molar-refractivity contribution in [2.75, 3.05) is 13.1 Å². The fourth-order valence-electron chi connectivity index (χ4n) is 1.16. The van der Waals surface area contributed by atoms with Crippen LogP contribution in [0.4, 0.5) is 0 Å². The molecule has 1 heterocycles. The van der Waals surface area contributed by atoms with Gasteiger partial charge in [-0.25, -0.2) is 8.42 Å². The Hall–Kier alpha value is -1.43. The Kier molecular flexibility index (Phi) is 4.22. The SMILES string of the molecule is CCN(CC(=O)O)S(=O)(=O)c1ccc(C#N)s1. The number of thiophene rings is 1. The highest BCUT2D eigenvalue weighted by Crippen LogP contribution is 2.24. The van der Waals surface area contributed by atoms with Crippen molar-refractivity contribution in [3.05, 3.63) is 17.0 Å². The molecule has 0 atom stereocenters. The summed E-state index contributed by atoms with van der Waals surface area (Å²) in [5.74, 6) is -1.22. The molecule has 0 saturated heterocycles. The highest BCUT2D eigenvalue weighted by Gasteiger charge is 2.26. The van der Waals surface area contributed by atoms with E-state index >= 15 is 0 Å². The van der Waals surface area contributed by atoms with Crippen molar-refractivity contribution < 1.29 is 18.3 Å². The lowest BCUT2D eigenvalue weighted by molar-refractivity contribution is -0.137. The van der Waals surface area contributed by atoms with Crippen LogP contribution in [0.3, 0.4) is 0 Å². The Bertz CT molecular complexity index is 556. The lowest BCUT2D eigenvalue weighted by Crippen LogP contribution is -2.35. The number of likely N-dealkylation sites (N-methyl/N-ethyl adjacent to an activating group) is 1. The number of nitrogens with zero attached hydrogens (tertiary/aromatic N) is 2. The van der Waals surface area contributed by atoms with Gasteiger partial charge in [-0.05, 0) is 12.1 Å². The first-order chi connectivity index (χ1) is 7.91. The molecule has 0 amide bonds. The summed E-state index contributed by atoms with van der Waals surface area (Å²) in [4.78, 5) is 10.8. The van der Waals surface area contributed by atoms with Crippen LogP contribution in [0, 0.1) is 11.3 Å². The van der Waals surface area contributed by atoms with Crippen LogP contribution in [0.1, 0.15) is 11.8 Å². The zero-order chi connectivity index (χ0) is 13.1. The second-order valence-corrected chi connectivity index (χ2v) is 6.30. The topological polar surface area (TPSA) is 98.5 Å². The highest BCUT2D eigenvalue weighted by atomic mass is 32.2. The summed E-state index contributed by atoms with van der Waals surface area (Å²) in [6, 6.07) is 4.54. The molecule has 92 valence electrons. The van der Waals surface area contributed by atoms with Gasteiger partial charge in [-0.3, -0.25) is 4.79 Å². The van der Waals surface area contributed by atoms with Crippen LogP contribution in [0.5, 0.6) is 0 Å². The van der Waals surface area contributed by atoms with E-state index in [2.05, 4.69) is 0 Å². The summed E-state index contributed by atoms with van der Waals surface area (Å²) < 4.78 is 24.8. The van der Waals surface area contributed by atoms with Crippen LogP contribution in [-0.2, 0) is 14.8 Å². The molecule has 0 aliphatic carbocycles. The molecule has 0 aliphatic rings. The molecular formula is C9H10N2O4S2. The van der Waals surface area contributed by atoms with E-state index < -0.39 is 22.5 Å². The Balaban J connectivity index is 3.09. The molecule has 0 spiro atoms. The van der Waals surface area contributed by atoms with E-state index in [1.54, 1.807) is 6.92 Å². The van der Waals surface area contributed by atoms with Gasteiger partial charge in [0.1, 0.15) is 21.7 Å². The van der Waals surface area contributed by atoms with E-state index in [-0.39, 0.29) is 15.6 Å². The van der Waals surface area contributed by atoms with Crippen LogP contribution < -0.4 is 0 Å². The normalized spacial score (nSPS) is 11.4. The molecule has 0 fully saturated rings. The predicted octanol–water partition coefficient (Wildman–Crippen LogP) is 0.715. The van der Waals surface area contributed by atoms with Gasteiger partial charge in [0.2, 0.25) is 0 Å². The molecular weight excluding hydrogens is 264 g/mol. The van der Waals surface area contributed by atoms with Crippen molar-refractivity contribution in [2.24, 2.45) is 0 Å². The molecule has 1 rings (SSSR count). The van der Waals surface area contributed by atoms with Gasteiger partial charge in [0.15, 0.2) is 0 Å². The van der Waals surface area contributed by atoms with Crippen molar-refractivity contribution >= 4 is 27.3 Å². The number of carboxylic acids is 1. The zero-order valence-corrected chi connectivity index (χ0v) is 10.6. The standard InChI is InChI=1S/C9H10N2O4S2/c1-2-11(6-8(12)13)17(14,15)9-4-3-7(5-10)16-9/h3-4H,2,6H2,1H3,(H,12,13). The molecule has 0 saturated carbocycles. The van der Waals surface area contributed by atoms with Gasteiger partial charge in [-0.1, -0.05) is 6.92 Å². The van der Waals surface area contributed by atoms with Crippen LogP contribution in [0.2, 0.25) is 0 Å². The fourth-order valence-corrected chi connectivity index (χ4v) is 3.82. The number of hydrogen-bond acceptors (Lipinski definition) is 5. The Morgan fingerprint density at radius 2 is 2.24 bits per heavy atom. The second-order valence-electron chi connectivity index (χ2n) is 3.06. The number of hydrogen-bond donors (Lipinski definition) is 1. The third-order valence-electron chi connectivity index (χ3n) is 1.95. The molecule has 6 nitrogen and oxygen atoms in total. The average Bonchev–Trinajstić information content (AvgIpc) is 2.74.